The van der Waals surface area contributed by atoms with Crippen molar-refractivity contribution in [3.8, 4) is 0 Å². The van der Waals surface area contributed by atoms with Gasteiger partial charge < -0.3 is 9.80 Å². The lowest BCUT2D eigenvalue weighted by molar-refractivity contribution is -0.134. The molecular weight excluding hydrogens is 290 g/mol. The van der Waals surface area contributed by atoms with Crippen molar-refractivity contribution in [2.24, 2.45) is 10.9 Å². The van der Waals surface area contributed by atoms with Crippen LogP contribution in [-0.2, 0) is 9.59 Å². The fourth-order valence-electron chi connectivity index (χ4n) is 2.41. The smallest absolute Gasteiger partial charge is 0.240 e. The zero-order valence-corrected chi connectivity index (χ0v) is 12.9. The summed E-state index contributed by atoms with van der Waals surface area (Å²) in [7, 11) is 0. The van der Waals surface area contributed by atoms with Crippen LogP contribution in [0.1, 0.15) is 13.8 Å². The van der Waals surface area contributed by atoms with Crippen LogP contribution in [0.3, 0.4) is 0 Å². The number of isocyanates is 1. The standard InChI is InChI=1S/C15H18ClN3O2/c1-11(2)15(21)19-7-5-18(6-8-19)14-4-3-12(17-10-20)9-13(14)16/h3-4,9,11H,5-8H2,1-2H3. The number of hydrogen-bond acceptors (Lipinski definition) is 4. The van der Waals surface area contributed by atoms with E-state index in [4.69, 9.17) is 11.6 Å². The number of amides is 1. The van der Waals surface area contributed by atoms with Crippen LogP contribution in [0, 0.1) is 5.92 Å². The summed E-state index contributed by atoms with van der Waals surface area (Å²) in [6, 6.07) is 5.23. The minimum atomic E-state index is 0.0284. The van der Waals surface area contributed by atoms with E-state index < -0.39 is 0 Å². The molecule has 0 unspecified atom stereocenters. The average molecular weight is 308 g/mol. The summed E-state index contributed by atoms with van der Waals surface area (Å²) in [4.78, 5) is 29.8. The van der Waals surface area contributed by atoms with Gasteiger partial charge in [0.05, 0.1) is 16.4 Å². The highest BCUT2D eigenvalue weighted by molar-refractivity contribution is 6.33. The first kappa shape index (κ1) is 15.5. The molecule has 21 heavy (non-hydrogen) atoms. The highest BCUT2D eigenvalue weighted by Gasteiger charge is 2.23. The summed E-state index contributed by atoms with van der Waals surface area (Å²) < 4.78 is 0. The monoisotopic (exact) mass is 307 g/mol. The van der Waals surface area contributed by atoms with Crippen LogP contribution in [0.4, 0.5) is 11.4 Å². The second kappa shape index (κ2) is 6.74. The Hall–Kier alpha value is -1.84. The predicted octanol–water partition coefficient (Wildman–Crippen LogP) is 2.61. The van der Waals surface area contributed by atoms with E-state index in [9.17, 15) is 9.59 Å². The molecule has 0 saturated carbocycles. The van der Waals surface area contributed by atoms with Gasteiger partial charge in [0.25, 0.3) is 0 Å². The second-order valence-corrected chi connectivity index (χ2v) is 5.71. The van der Waals surface area contributed by atoms with Gasteiger partial charge in [-0.25, -0.2) is 4.79 Å². The molecule has 0 aromatic heterocycles. The highest BCUT2D eigenvalue weighted by Crippen LogP contribution is 2.30. The molecule has 1 amide bonds. The number of carbonyl (C=O) groups excluding carboxylic acids is 2. The number of carbonyl (C=O) groups is 1. The van der Waals surface area contributed by atoms with Crippen LogP contribution in [0.25, 0.3) is 0 Å². The van der Waals surface area contributed by atoms with Gasteiger partial charge in [0.1, 0.15) is 0 Å². The van der Waals surface area contributed by atoms with E-state index in [2.05, 4.69) is 9.89 Å². The van der Waals surface area contributed by atoms with Crippen molar-refractivity contribution in [2.45, 2.75) is 13.8 Å². The van der Waals surface area contributed by atoms with Crippen LogP contribution < -0.4 is 4.90 Å². The van der Waals surface area contributed by atoms with Gasteiger partial charge in [-0.15, -0.1) is 0 Å². The lowest BCUT2D eigenvalue weighted by Gasteiger charge is -2.37. The first-order valence-electron chi connectivity index (χ1n) is 6.94. The normalized spacial score (nSPS) is 15.0. The number of rotatable bonds is 3. The minimum Gasteiger partial charge on any atom is -0.367 e. The van der Waals surface area contributed by atoms with Crippen LogP contribution in [-0.4, -0.2) is 43.1 Å². The maximum atomic E-state index is 12.0. The van der Waals surface area contributed by atoms with Crippen LogP contribution in [0.5, 0.6) is 0 Å². The quantitative estimate of drug-likeness (QED) is 0.637. The van der Waals surface area contributed by atoms with Crippen molar-refractivity contribution in [3.05, 3.63) is 23.2 Å². The lowest BCUT2D eigenvalue weighted by atomic mass is 10.1. The molecule has 1 heterocycles. The zero-order valence-electron chi connectivity index (χ0n) is 12.2. The number of anilines is 1. The fraction of sp³-hybridized carbons (Fsp3) is 0.467. The van der Waals surface area contributed by atoms with Crippen molar-refractivity contribution in [1.82, 2.24) is 4.90 Å². The third kappa shape index (κ3) is 3.63. The van der Waals surface area contributed by atoms with E-state index in [1.54, 1.807) is 12.1 Å². The molecule has 0 aliphatic carbocycles. The molecule has 1 saturated heterocycles. The van der Waals surface area contributed by atoms with Gasteiger partial charge in [-0.3, -0.25) is 4.79 Å². The molecule has 1 fully saturated rings. The molecule has 5 nitrogen and oxygen atoms in total. The van der Waals surface area contributed by atoms with Crippen molar-refractivity contribution < 1.29 is 9.59 Å². The van der Waals surface area contributed by atoms with E-state index in [-0.39, 0.29) is 11.8 Å². The third-order valence-corrected chi connectivity index (χ3v) is 3.83. The first-order chi connectivity index (χ1) is 10.0. The molecule has 1 aliphatic rings. The number of piperazine rings is 1. The minimum absolute atomic E-state index is 0.0284. The zero-order chi connectivity index (χ0) is 15.4. The Labute approximate surface area is 129 Å². The highest BCUT2D eigenvalue weighted by atomic mass is 35.5. The Morgan fingerprint density at radius 1 is 1.29 bits per heavy atom. The fourth-order valence-corrected chi connectivity index (χ4v) is 2.70. The molecule has 0 N–H and O–H groups in total. The largest absolute Gasteiger partial charge is 0.367 e. The molecule has 0 radical (unpaired) electrons. The van der Waals surface area contributed by atoms with Gasteiger partial charge in [-0.1, -0.05) is 25.4 Å². The second-order valence-electron chi connectivity index (χ2n) is 5.31. The Kier molecular flexibility index (Phi) is 4.99. The van der Waals surface area contributed by atoms with Crippen LogP contribution >= 0.6 is 11.6 Å². The Bertz CT molecular complexity index is 574. The molecule has 2 rings (SSSR count). The van der Waals surface area contributed by atoms with Crippen molar-refractivity contribution in [1.29, 1.82) is 0 Å². The first-order valence-corrected chi connectivity index (χ1v) is 7.32. The Morgan fingerprint density at radius 2 is 1.95 bits per heavy atom. The van der Waals surface area contributed by atoms with Crippen molar-refractivity contribution in [3.63, 3.8) is 0 Å². The van der Waals surface area contributed by atoms with Gasteiger partial charge in [0.15, 0.2) is 0 Å². The third-order valence-electron chi connectivity index (χ3n) is 3.53. The number of nitrogens with zero attached hydrogens (tertiary/aromatic N) is 3. The molecule has 6 heteroatoms. The SMILES string of the molecule is CC(C)C(=O)N1CCN(c2ccc(N=C=O)cc2Cl)CC1. The predicted molar refractivity (Wildman–Crippen MR) is 82.9 cm³/mol. The van der Waals surface area contributed by atoms with Gasteiger partial charge in [0.2, 0.25) is 12.0 Å². The summed E-state index contributed by atoms with van der Waals surface area (Å²) in [5.41, 5.74) is 1.39. The van der Waals surface area contributed by atoms with Crippen molar-refractivity contribution in [2.75, 3.05) is 31.1 Å². The molecule has 112 valence electrons. The molecular formula is C15H18ClN3O2. The lowest BCUT2D eigenvalue weighted by Crippen LogP contribution is -2.50. The molecule has 0 bridgehead atoms. The number of benzene rings is 1. The van der Waals surface area contributed by atoms with Gasteiger partial charge >= 0.3 is 0 Å². The molecule has 1 aromatic carbocycles. The molecule has 1 aliphatic heterocycles. The van der Waals surface area contributed by atoms with Crippen molar-refractivity contribution >= 4 is 35.0 Å². The van der Waals surface area contributed by atoms with Gasteiger partial charge in [-0.2, -0.15) is 4.99 Å². The Morgan fingerprint density at radius 3 is 2.48 bits per heavy atom. The maximum absolute atomic E-state index is 12.0. The summed E-state index contributed by atoms with van der Waals surface area (Å²) in [5, 5.41) is 0.551. The maximum Gasteiger partial charge on any atom is 0.240 e. The topological polar surface area (TPSA) is 53.0 Å². The van der Waals surface area contributed by atoms with E-state index in [0.29, 0.717) is 23.8 Å². The number of aliphatic imine (C=N–C) groups is 1. The molecule has 0 atom stereocenters. The van der Waals surface area contributed by atoms with Gasteiger partial charge in [-0.05, 0) is 18.2 Å². The van der Waals surface area contributed by atoms with E-state index >= 15 is 0 Å². The van der Waals surface area contributed by atoms with E-state index in [1.165, 1.54) is 6.08 Å². The van der Waals surface area contributed by atoms with E-state index in [0.717, 1.165) is 18.8 Å². The summed E-state index contributed by atoms with van der Waals surface area (Å²) in [6.07, 6.45) is 1.50. The van der Waals surface area contributed by atoms with E-state index in [1.807, 2.05) is 24.8 Å². The molecule has 1 aromatic rings. The Balaban J connectivity index is 2.05. The summed E-state index contributed by atoms with van der Waals surface area (Å²) >= 11 is 6.24. The average Bonchev–Trinajstić information content (AvgIpc) is 2.47. The molecule has 0 spiro atoms. The van der Waals surface area contributed by atoms with Crippen LogP contribution in [0.15, 0.2) is 23.2 Å². The number of halogens is 1. The summed E-state index contributed by atoms with van der Waals surface area (Å²) in [5.74, 6) is 0.219. The van der Waals surface area contributed by atoms with Gasteiger partial charge in [0, 0.05) is 32.1 Å². The number of hydrogen-bond donors (Lipinski definition) is 0. The summed E-state index contributed by atoms with van der Waals surface area (Å²) in [6.45, 7) is 6.71. The van der Waals surface area contributed by atoms with Crippen LogP contribution in [0.2, 0.25) is 5.02 Å².